The second kappa shape index (κ2) is 7.91. The number of amides is 1. The summed E-state index contributed by atoms with van der Waals surface area (Å²) in [7, 11) is 0. The first-order valence-corrected chi connectivity index (χ1v) is 10.9. The third-order valence-corrected chi connectivity index (χ3v) is 6.32. The Morgan fingerprint density at radius 3 is 2.85 bits per heavy atom. The molecule has 1 fully saturated rings. The topological polar surface area (TPSA) is 92.2 Å². The van der Waals surface area contributed by atoms with E-state index < -0.39 is 23.8 Å². The summed E-state index contributed by atoms with van der Waals surface area (Å²) in [5.41, 5.74) is 2.55. The van der Waals surface area contributed by atoms with E-state index >= 15 is 4.39 Å². The first kappa shape index (κ1) is 21.5. The summed E-state index contributed by atoms with van der Waals surface area (Å²) in [5, 5.41) is 14.4. The third kappa shape index (κ3) is 3.76. The zero-order valence-corrected chi connectivity index (χ0v) is 18.6. The number of Topliss-reactive ketones (excluding diaryl/α,β-unsaturated/α-hetero) is 1. The van der Waals surface area contributed by atoms with Crippen molar-refractivity contribution in [2.45, 2.75) is 38.8 Å². The van der Waals surface area contributed by atoms with Crippen molar-refractivity contribution in [3.05, 3.63) is 47.0 Å². The Kier molecular flexibility index (Phi) is 5.16. The lowest BCUT2D eigenvalue weighted by molar-refractivity contribution is -0.118. The third-order valence-electron chi connectivity index (χ3n) is 5.97. The Hall–Kier alpha value is -3.33. The SMILES string of the molecule is CC(=O)CC(C)c1c(F)c(Cl)c(-c2ccn3nc(NC(=O)[C@@H]4C[C@@H]4F)cc3c2)c2cn[nH]c12. The summed E-state index contributed by atoms with van der Waals surface area (Å²) >= 11 is 6.51. The van der Waals surface area contributed by atoms with Crippen molar-refractivity contribution in [1.29, 1.82) is 0 Å². The molecule has 0 spiro atoms. The molecule has 1 aliphatic rings. The first-order valence-electron chi connectivity index (χ1n) is 10.5. The van der Waals surface area contributed by atoms with Crippen LogP contribution in [-0.2, 0) is 9.59 Å². The Bertz CT molecular complexity index is 1430. The normalized spacial score (nSPS) is 18.6. The summed E-state index contributed by atoms with van der Waals surface area (Å²) in [6.07, 6.45) is 2.57. The fourth-order valence-corrected chi connectivity index (χ4v) is 4.59. The van der Waals surface area contributed by atoms with Crippen LogP contribution in [0.5, 0.6) is 0 Å². The fourth-order valence-electron chi connectivity index (χ4n) is 4.28. The summed E-state index contributed by atoms with van der Waals surface area (Å²) in [4.78, 5) is 23.6. The largest absolute Gasteiger partial charge is 0.309 e. The number of hydrogen-bond donors (Lipinski definition) is 2. The molecule has 1 unspecified atom stereocenters. The molecule has 1 amide bonds. The molecule has 5 rings (SSSR count). The van der Waals surface area contributed by atoms with Crippen LogP contribution in [0.25, 0.3) is 27.5 Å². The molecule has 0 bridgehead atoms. The van der Waals surface area contributed by atoms with Crippen LogP contribution >= 0.6 is 11.6 Å². The molecule has 1 aromatic carbocycles. The maximum absolute atomic E-state index is 15.4. The lowest BCUT2D eigenvalue weighted by Gasteiger charge is -2.17. The van der Waals surface area contributed by atoms with E-state index in [0.29, 0.717) is 38.9 Å². The van der Waals surface area contributed by atoms with Gasteiger partial charge in [0.25, 0.3) is 0 Å². The van der Waals surface area contributed by atoms with Gasteiger partial charge < -0.3 is 10.1 Å². The van der Waals surface area contributed by atoms with Gasteiger partial charge in [0.15, 0.2) is 5.82 Å². The molecule has 2 N–H and O–H groups in total. The Morgan fingerprint density at radius 2 is 2.15 bits per heavy atom. The molecule has 1 aliphatic carbocycles. The number of aromatic nitrogens is 4. The number of H-pyrrole nitrogens is 1. The predicted molar refractivity (Wildman–Crippen MR) is 121 cm³/mol. The van der Waals surface area contributed by atoms with Crippen molar-refractivity contribution in [3.8, 4) is 11.1 Å². The number of hydrogen-bond acceptors (Lipinski definition) is 4. The second-order valence-electron chi connectivity index (χ2n) is 8.54. The summed E-state index contributed by atoms with van der Waals surface area (Å²) in [6.45, 7) is 3.24. The number of aromatic amines is 1. The molecule has 3 aromatic heterocycles. The van der Waals surface area contributed by atoms with Gasteiger partial charge in [0, 0.05) is 35.2 Å². The number of nitrogens with zero attached hydrogens (tertiary/aromatic N) is 3. The summed E-state index contributed by atoms with van der Waals surface area (Å²) in [6, 6.07) is 5.15. The van der Waals surface area contributed by atoms with Crippen LogP contribution in [0.1, 0.15) is 38.2 Å². The molecule has 10 heteroatoms. The van der Waals surface area contributed by atoms with E-state index in [2.05, 4.69) is 20.6 Å². The molecule has 7 nitrogen and oxygen atoms in total. The number of pyridine rings is 1. The second-order valence-corrected chi connectivity index (χ2v) is 8.92. The highest BCUT2D eigenvalue weighted by Gasteiger charge is 2.43. The molecular weight excluding hydrogens is 452 g/mol. The van der Waals surface area contributed by atoms with Crippen LogP contribution < -0.4 is 5.32 Å². The highest BCUT2D eigenvalue weighted by Crippen LogP contribution is 2.42. The van der Waals surface area contributed by atoms with E-state index in [1.165, 1.54) is 6.92 Å². The molecule has 3 heterocycles. The number of benzene rings is 1. The maximum Gasteiger partial charge on any atom is 0.231 e. The quantitative estimate of drug-likeness (QED) is 0.411. The van der Waals surface area contributed by atoms with E-state index in [1.807, 2.05) is 0 Å². The minimum absolute atomic E-state index is 0.0486. The zero-order chi connectivity index (χ0) is 23.4. The Balaban J connectivity index is 1.57. The van der Waals surface area contributed by atoms with Crippen molar-refractivity contribution in [2.24, 2.45) is 5.92 Å². The summed E-state index contributed by atoms with van der Waals surface area (Å²) < 4.78 is 30.1. The minimum atomic E-state index is -1.09. The standard InChI is InChI=1S/C23H20ClF2N5O2/c1-10(5-11(2)32)18-21(26)20(24)19(15-9-27-29-22(15)18)12-3-4-31-13(6-12)7-17(30-31)28-23(33)14-8-16(14)25/h3-4,6-7,9-10,14,16H,5,8H2,1-2H3,(H,27,29)(H,28,30,33)/t10?,14-,16+/m1/s1. The molecule has 0 saturated heterocycles. The molecule has 33 heavy (non-hydrogen) atoms. The Morgan fingerprint density at radius 1 is 1.39 bits per heavy atom. The molecular formula is C23H20ClF2N5O2. The van der Waals surface area contributed by atoms with Crippen molar-refractivity contribution in [1.82, 2.24) is 19.8 Å². The molecule has 3 atom stereocenters. The lowest BCUT2D eigenvalue weighted by atomic mass is 9.90. The first-order chi connectivity index (χ1) is 15.7. The highest BCUT2D eigenvalue weighted by atomic mass is 35.5. The average molecular weight is 472 g/mol. The van der Waals surface area contributed by atoms with Gasteiger partial charge in [0.05, 0.1) is 28.2 Å². The van der Waals surface area contributed by atoms with E-state index in [0.717, 1.165) is 0 Å². The van der Waals surface area contributed by atoms with Gasteiger partial charge >= 0.3 is 0 Å². The highest BCUT2D eigenvalue weighted by molar-refractivity contribution is 6.35. The number of carbonyl (C=O) groups is 2. The van der Waals surface area contributed by atoms with Crippen LogP contribution in [0, 0.1) is 11.7 Å². The molecule has 170 valence electrons. The Labute approximate surface area is 192 Å². The number of carbonyl (C=O) groups excluding carboxylic acids is 2. The maximum atomic E-state index is 15.4. The fraction of sp³-hybridized carbons (Fsp3) is 0.304. The number of anilines is 1. The lowest BCUT2D eigenvalue weighted by Crippen LogP contribution is -2.15. The molecule has 4 aromatic rings. The van der Waals surface area contributed by atoms with Crippen molar-refractivity contribution >= 4 is 45.5 Å². The number of nitrogens with one attached hydrogen (secondary N) is 2. The summed E-state index contributed by atoms with van der Waals surface area (Å²) in [5.74, 6) is -1.74. The van der Waals surface area contributed by atoms with Crippen molar-refractivity contribution in [2.75, 3.05) is 5.32 Å². The van der Waals surface area contributed by atoms with E-state index in [-0.39, 0.29) is 29.6 Å². The van der Waals surface area contributed by atoms with Gasteiger partial charge in [-0.25, -0.2) is 13.3 Å². The van der Waals surface area contributed by atoms with Gasteiger partial charge in [0.2, 0.25) is 5.91 Å². The molecule has 0 radical (unpaired) electrons. The van der Waals surface area contributed by atoms with E-state index in [9.17, 15) is 14.0 Å². The van der Waals surface area contributed by atoms with Gasteiger partial charge in [0.1, 0.15) is 17.8 Å². The predicted octanol–water partition coefficient (Wildman–Crippen LogP) is 5.05. The molecule has 1 saturated carbocycles. The minimum Gasteiger partial charge on any atom is -0.309 e. The van der Waals surface area contributed by atoms with Crippen LogP contribution in [0.2, 0.25) is 5.02 Å². The van der Waals surface area contributed by atoms with Gasteiger partial charge in [-0.2, -0.15) is 10.2 Å². The monoisotopic (exact) mass is 471 g/mol. The van der Waals surface area contributed by atoms with Gasteiger partial charge in [-0.1, -0.05) is 18.5 Å². The smallest absolute Gasteiger partial charge is 0.231 e. The number of ketones is 1. The number of rotatable bonds is 6. The number of alkyl halides is 1. The van der Waals surface area contributed by atoms with Crippen LogP contribution in [0.3, 0.4) is 0 Å². The molecule has 0 aliphatic heterocycles. The van der Waals surface area contributed by atoms with Crippen molar-refractivity contribution in [3.63, 3.8) is 0 Å². The van der Waals surface area contributed by atoms with E-state index in [4.69, 9.17) is 11.6 Å². The van der Waals surface area contributed by atoms with Crippen LogP contribution in [0.15, 0.2) is 30.6 Å². The van der Waals surface area contributed by atoms with Crippen molar-refractivity contribution < 1.29 is 18.4 Å². The van der Waals surface area contributed by atoms with Crippen LogP contribution in [0.4, 0.5) is 14.6 Å². The van der Waals surface area contributed by atoms with Gasteiger partial charge in [-0.3, -0.25) is 9.89 Å². The van der Waals surface area contributed by atoms with E-state index in [1.54, 1.807) is 42.0 Å². The van der Waals surface area contributed by atoms with Gasteiger partial charge in [-0.05, 0) is 37.0 Å². The van der Waals surface area contributed by atoms with Crippen LogP contribution in [-0.4, -0.2) is 37.7 Å². The number of fused-ring (bicyclic) bond motifs is 2. The average Bonchev–Trinajstić information content (AvgIpc) is 3.12. The number of halogens is 3. The zero-order valence-electron chi connectivity index (χ0n) is 17.8. The van der Waals surface area contributed by atoms with Gasteiger partial charge in [-0.15, -0.1) is 0 Å².